The van der Waals surface area contributed by atoms with Gasteiger partial charge in [0.1, 0.15) is 12.2 Å². The Morgan fingerprint density at radius 2 is 2.00 bits per heavy atom. The minimum absolute atomic E-state index is 0.282. The van der Waals surface area contributed by atoms with Gasteiger partial charge < -0.3 is 10.5 Å². The molecule has 88 valence electrons. The van der Waals surface area contributed by atoms with Crippen LogP contribution in [0.1, 0.15) is 17.6 Å². The third kappa shape index (κ3) is 2.94. The summed E-state index contributed by atoms with van der Waals surface area (Å²) in [5, 5.41) is 0. The van der Waals surface area contributed by atoms with Crippen LogP contribution in [-0.4, -0.2) is 27.0 Å². The van der Waals surface area contributed by atoms with Crippen molar-refractivity contribution in [3.8, 4) is 5.88 Å². The van der Waals surface area contributed by atoms with Gasteiger partial charge >= 0.3 is 0 Å². The van der Waals surface area contributed by atoms with Crippen LogP contribution < -0.4 is 10.5 Å². The highest BCUT2D eigenvalue weighted by molar-refractivity contribution is 5.15. The molecule has 1 atom stereocenters. The minimum atomic E-state index is -0.282. The average Bonchev–Trinajstić information content (AvgIpc) is 2.40. The lowest BCUT2D eigenvalue weighted by atomic mass is 10.1. The van der Waals surface area contributed by atoms with E-state index in [2.05, 4.69) is 19.9 Å². The monoisotopic (exact) mass is 231 g/mol. The molecule has 0 amide bonds. The maximum atomic E-state index is 5.99. The summed E-state index contributed by atoms with van der Waals surface area (Å²) in [4.78, 5) is 16.3. The molecule has 0 aliphatic heterocycles. The summed E-state index contributed by atoms with van der Waals surface area (Å²) in [7, 11) is 1.56. The first-order chi connectivity index (χ1) is 8.29. The molecule has 2 aromatic heterocycles. The van der Waals surface area contributed by atoms with E-state index in [9.17, 15) is 0 Å². The molecule has 0 radical (unpaired) electrons. The van der Waals surface area contributed by atoms with Crippen LogP contribution in [0.15, 0.2) is 30.9 Å². The molecule has 2 heterocycles. The Balaban J connectivity index is 2.10. The number of rotatable bonds is 4. The molecule has 0 aromatic carbocycles. The molecular formula is C11H13N5O. The van der Waals surface area contributed by atoms with Gasteiger partial charge in [0.2, 0.25) is 5.88 Å². The molecule has 1 unspecified atom stereocenters. The van der Waals surface area contributed by atoms with Crippen LogP contribution in [-0.2, 0) is 6.42 Å². The smallest absolute Gasteiger partial charge is 0.216 e. The van der Waals surface area contributed by atoms with Crippen molar-refractivity contribution in [2.24, 2.45) is 5.73 Å². The number of ether oxygens (including phenoxy) is 1. The maximum absolute atomic E-state index is 5.99. The largest absolute Gasteiger partial charge is 0.481 e. The lowest BCUT2D eigenvalue weighted by Crippen LogP contribution is -2.17. The average molecular weight is 231 g/mol. The van der Waals surface area contributed by atoms with Gasteiger partial charge in [-0.2, -0.15) is 0 Å². The Morgan fingerprint density at radius 3 is 2.71 bits per heavy atom. The second-order valence-electron chi connectivity index (χ2n) is 3.47. The van der Waals surface area contributed by atoms with Crippen molar-refractivity contribution in [1.29, 1.82) is 0 Å². The molecule has 2 rings (SSSR count). The Morgan fingerprint density at radius 1 is 1.24 bits per heavy atom. The van der Waals surface area contributed by atoms with Gasteiger partial charge in [-0.15, -0.1) is 0 Å². The van der Waals surface area contributed by atoms with Crippen LogP contribution in [0.25, 0.3) is 0 Å². The topological polar surface area (TPSA) is 86.8 Å². The Labute approximate surface area is 98.9 Å². The van der Waals surface area contributed by atoms with Crippen molar-refractivity contribution in [1.82, 2.24) is 19.9 Å². The van der Waals surface area contributed by atoms with E-state index < -0.39 is 0 Å². The zero-order chi connectivity index (χ0) is 12.1. The van der Waals surface area contributed by atoms with E-state index in [4.69, 9.17) is 10.5 Å². The Bertz CT molecular complexity index is 476. The second-order valence-corrected chi connectivity index (χ2v) is 3.47. The number of hydrogen-bond acceptors (Lipinski definition) is 6. The quantitative estimate of drug-likeness (QED) is 0.825. The first-order valence-electron chi connectivity index (χ1n) is 5.17. The van der Waals surface area contributed by atoms with Crippen LogP contribution in [0, 0.1) is 0 Å². The number of methoxy groups -OCH3 is 1. The highest BCUT2D eigenvalue weighted by Gasteiger charge is 2.11. The Hall–Kier alpha value is -2.08. The summed E-state index contributed by atoms with van der Waals surface area (Å²) in [6.07, 6.45) is 5.33. The van der Waals surface area contributed by atoms with E-state index in [1.165, 1.54) is 6.33 Å². The second kappa shape index (κ2) is 5.31. The predicted molar refractivity (Wildman–Crippen MR) is 61.2 cm³/mol. The molecule has 0 saturated heterocycles. The van der Waals surface area contributed by atoms with Gasteiger partial charge in [-0.25, -0.2) is 19.9 Å². The summed E-state index contributed by atoms with van der Waals surface area (Å²) in [5.41, 5.74) is 6.79. The van der Waals surface area contributed by atoms with Crippen molar-refractivity contribution in [3.05, 3.63) is 42.4 Å². The van der Waals surface area contributed by atoms with Crippen molar-refractivity contribution in [3.63, 3.8) is 0 Å². The van der Waals surface area contributed by atoms with E-state index in [0.29, 0.717) is 18.1 Å². The Kier molecular flexibility index (Phi) is 3.56. The number of hydrogen-bond donors (Lipinski definition) is 1. The molecule has 0 spiro atoms. The fourth-order valence-corrected chi connectivity index (χ4v) is 1.42. The van der Waals surface area contributed by atoms with E-state index in [1.807, 2.05) is 0 Å². The fraction of sp³-hybridized carbons (Fsp3) is 0.273. The SMILES string of the molecule is COc1cc(CC(N)c2ncccn2)ncn1. The number of aromatic nitrogens is 4. The fourth-order valence-electron chi connectivity index (χ4n) is 1.42. The highest BCUT2D eigenvalue weighted by Crippen LogP contribution is 2.12. The summed E-state index contributed by atoms with van der Waals surface area (Å²) >= 11 is 0. The van der Waals surface area contributed by atoms with Crippen molar-refractivity contribution < 1.29 is 4.74 Å². The first kappa shape index (κ1) is 11.4. The molecule has 0 saturated carbocycles. The molecule has 0 aliphatic carbocycles. The summed E-state index contributed by atoms with van der Waals surface area (Å²) < 4.78 is 5.02. The van der Waals surface area contributed by atoms with Crippen molar-refractivity contribution in [2.45, 2.75) is 12.5 Å². The van der Waals surface area contributed by atoms with Crippen molar-refractivity contribution >= 4 is 0 Å². The minimum Gasteiger partial charge on any atom is -0.481 e. The molecule has 0 aliphatic rings. The zero-order valence-electron chi connectivity index (χ0n) is 9.45. The van der Waals surface area contributed by atoms with E-state index in [0.717, 1.165) is 5.69 Å². The normalized spacial score (nSPS) is 12.1. The lowest BCUT2D eigenvalue weighted by molar-refractivity contribution is 0.395. The standard InChI is InChI=1S/C11H13N5O/c1-17-10-6-8(15-7-16-10)5-9(12)11-13-3-2-4-14-11/h2-4,6-7,9H,5,12H2,1H3. The summed E-state index contributed by atoms with van der Waals surface area (Å²) in [6.45, 7) is 0. The van der Waals surface area contributed by atoms with Gasteiger partial charge in [0.15, 0.2) is 0 Å². The predicted octanol–water partition coefficient (Wildman–Crippen LogP) is 0.518. The highest BCUT2D eigenvalue weighted by atomic mass is 16.5. The van der Waals surface area contributed by atoms with Crippen LogP contribution >= 0.6 is 0 Å². The van der Waals surface area contributed by atoms with Crippen LogP contribution in [0.4, 0.5) is 0 Å². The third-order valence-electron chi connectivity index (χ3n) is 2.25. The van der Waals surface area contributed by atoms with Gasteiger partial charge in [-0.3, -0.25) is 0 Å². The first-order valence-corrected chi connectivity index (χ1v) is 5.17. The van der Waals surface area contributed by atoms with Crippen LogP contribution in [0.3, 0.4) is 0 Å². The molecular weight excluding hydrogens is 218 g/mol. The molecule has 6 heteroatoms. The maximum Gasteiger partial charge on any atom is 0.216 e. The van der Waals surface area contributed by atoms with Gasteiger partial charge in [0, 0.05) is 30.6 Å². The molecule has 2 aromatic rings. The number of nitrogens with zero attached hydrogens (tertiary/aromatic N) is 4. The van der Waals surface area contributed by atoms with E-state index in [1.54, 1.807) is 31.6 Å². The van der Waals surface area contributed by atoms with Crippen molar-refractivity contribution in [2.75, 3.05) is 7.11 Å². The summed E-state index contributed by atoms with van der Waals surface area (Å²) in [6, 6.07) is 3.23. The van der Waals surface area contributed by atoms with E-state index >= 15 is 0 Å². The van der Waals surface area contributed by atoms with Crippen LogP contribution in [0.5, 0.6) is 5.88 Å². The molecule has 0 bridgehead atoms. The molecule has 0 fully saturated rings. The molecule has 2 N–H and O–H groups in total. The summed E-state index contributed by atoms with van der Waals surface area (Å²) in [5.74, 6) is 1.13. The molecule has 6 nitrogen and oxygen atoms in total. The van der Waals surface area contributed by atoms with Crippen LogP contribution in [0.2, 0.25) is 0 Å². The van der Waals surface area contributed by atoms with Gasteiger partial charge in [0.25, 0.3) is 0 Å². The third-order valence-corrected chi connectivity index (χ3v) is 2.25. The number of nitrogens with two attached hydrogens (primary N) is 1. The van der Waals surface area contributed by atoms with Gasteiger partial charge in [0.05, 0.1) is 13.2 Å². The molecule has 17 heavy (non-hydrogen) atoms. The lowest BCUT2D eigenvalue weighted by Gasteiger charge is -2.09. The van der Waals surface area contributed by atoms with E-state index in [-0.39, 0.29) is 6.04 Å². The van der Waals surface area contributed by atoms with Gasteiger partial charge in [-0.05, 0) is 6.07 Å². The van der Waals surface area contributed by atoms with Gasteiger partial charge in [-0.1, -0.05) is 0 Å². The zero-order valence-corrected chi connectivity index (χ0v) is 9.45.